The number of hydrogen-bond acceptors (Lipinski definition) is 3. The van der Waals surface area contributed by atoms with Gasteiger partial charge in [0.25, 0.3) is 0 Å². The molecule has 0 aliphatic rings. The third-order valence-corrected chi connectivity index (χ3v) is 2.80. The fourth-order valence-electron chi connectivity index (χ4n) is 1.85. The highest BCUT2D eigenvalue weighted by Gasteiger charge is 2.03. The summed E-state index contributed by atoms with van der Waals surface area (Å²) in [6, 6.07) is 4.21. The highest BCUT2D eigenvalue weighted by atomic mass is 16.5. The summed E-state index contributed by atoms with van der Waals surface area (Å²) in [7, 11) is 0. The Kier molecular flexibility index (Phi) is 7.91. The van der Waals surface area contributed by atoms with Gasteiger partial charge in [0.1, 0.15) is 0 Å². The van der Waals surface area contributed by atoms with Gasteiger partial charge in [0, 0.05) is 18.3 Å². The highest BCUT2D eigenvalue weighted by Crippen LogP contribution is 2.14. The van der Waals surface area contributed by atoms with Crippen LogP contribution in [0.4, 0.5) is 0 Å². The molecule has 0 atom stereocenters. The van der Waals surface area contributed by atoms with E-state index in [1.165, 1.54) is 5.56 Å². The van der Waals surface area contributed by atoms with Crippen molar-refractivity contribution in [2.75, 3.05) is 13.2 Å². The van der Waals surface area contributed by atoms with Gasteiger partial charge >= 0.3 is 0 Å². The number of unbranched alkanes of at least 4 members (excludes halogenated alkanes) is 1. The number of nitrogens with zero attached hydrogens (tertiary/aromatic N) is 1. The van der Waals surface area contributed by atoms with E-state index in [4.69, 9.17) is 4.74 Å². The summed E-state index contributed by atoms with van der Waals surface area (Å²) in [5.41, 5.74) is 2.37. The molecule has 106 valence electrons. The second-order valence-electron chi connectivity index (χ2n) is 4.61. The van der Waals surface area contributed by atoms with E-state index in [0.717, 1.165) is 50.3 Å². The van der Waals surface area contributed by atoms with E-state index in [0.29, 0.717) is 6.61 Å². The zero-order valence-corrected chi connectivity index (χ0v) is 12.2. The van der Waals surface area contributed by atoms with Gasteiger partial charge in [-0.1, -0.05) is 26.3 Å². The molecule has 0 spiro atoms. The summed E-state index contributed by atoms with van der Waals surface area (Å²) in [6.07, 6.45) is 6.00. The Balaban J connectivity index is 2.65. The Morgan fingerprint density at radius 2 is 2.21 bits per heavy atom. The lowest BCUT2D eigenvalue weighted by atomic mass is 10.1. The Morgan fingerprint density at radius 3 is 2.89 bits per heavy atom. The minimum Gasteiger partial charge on any atom is -0.478 e. The van der Waals surface area contributed by atoms with E-state index in [1.807, 2.05) is 12.1 Å². The Bertz CT molecular complexity index is 377. The van der Waals surface area contributed by atoms with Crippen LogP contribution >= 0.6 is 0 Å². The van der Waals surface area contributed by atoms with Gasteiger partial charge in [-0.3, -0.25) is 0 Å². The van der Waals surface area contributed by atoms with Gasteiger partial charge < -0.3 is 10.1 Å². The van der Waals surface area contributed by atoms with Gasteiger partial charge in [-0.15, -0.1) is 6.58 Å². The summed E-state index contributed by atoms with van der Waals surface area (Å²) >= 11 is 0. The van der Waals surface area contributed by atoms with Crippen LogP contribution in [0.25, 0.3) is 0 Å². The van der Waals surface area contributed by atoms with Crippen LogP contribution in [0.3, 0.4) is 0 Å². The quantitative estimate of drug-likeness (QED) is 0.518. The molecule has 1 rings (SSSR count). The molecule has 1 N–H and O–H groups in total. The monoisotopic (exact) mass is 262 g/mol. The number of rotatable bonds is 10. The average molecular weight is 262 g/mol. The van der Waals surface area contributed by atoms with Crippen molar-refractivity contribution in [2.24, 2.45) is 0 Å². The predicted octanol–water partition coefficient (Wildman–Crippen LogP) is 3.49. The van der Waals surface area contributed by atoms with Crippen molar-refractivity contribution in [1.82, 2.24) is 10.3 Å². The van der Waals surface area contributed by atoms with E-state index in [1.54, 1.807) is 0 Å². The molecule has 1 heterocycles. The number of ether oxygens (including phenoxy) is 1. The van der Waals surface area contributed by atoms with Crippen molar-refractivity contribution in [3.05, 3.63) is 36.0 Å². The Hall–Kier alpha value is -1.35. The third-order valence-electron chi connectivity index (χ3n) is 2.80. The van der Waals surface area contributed by atoms with Gasteiger partial charge in [-0.05, 0) is 37.4 Å². The number of hydrogen-bond donors (Lipinski definition) is 1. The molecule has 0 aliphatic carbocycles. The summed E-state index contributed by atoms with van der Waals surface area (Å²) in [5.74, 6) is 0.753. The molecule has 1 aromatic rings. The Morgan fingerprint density at radius 1 is 1.37 bits per heavy atom. The van der Waals surface area contributed by atoms with Crippen LogP contribution in [0.2, 0.25) is 0 Å². The fourth-order valence-corrected chi connectivity index (χ4v) is 1.85. The standard InChI is InChI=1S/C16H26N2O/c1-4-7-8-10-19-16-12-14(13-17-6-3)11-15(18-16)9-5-2/h4,11-12,17H,1,5-10,13H2,2-3H3. The van der Waals surface area contributed by atoms with Crippen LogP contribution in [0.1, 0.15) is 44.4 Å². The molecular formula is C16H26N2O. The first-order valence-electron chi connectivity index (χ1n) is 7.24. The van der Waals surface area contributed by atoms with Crippen LogP contribution in [-0.4, -0.2) is 18.1 Å². The number of aromatic nitrogens is 1. The van der Waals surface area contributed by atoms with Crippen LogP contribution < -0.4 is 10.1 Å². The summed E-state index contributed by atoms with van der Waals surface area (Å²) in [4.78, 5) is 4.55. The van der Waals surface area contributed by atoms with Crippen molar-refractivity contribution in [3.8, 4) is 5.88 Å². The minimum atomic E-state index is 0.704. The lowest BCUT2D eigenvalue weighted by Gasteiger charge is -2.10. The lowest BCUT2D eigenvalue weighted by molar-refractivity contribution is 0.299. The van der Waals surface area contributed by atoms with Gasteiger partial charge in [-0.2, -0.15) is 0 Å². The third kappa shape index (κ3) is 6.39. The van der Waals surface area contributed by atoms with Gasteiger partial charge in [0.2, 0.25) is 5.88 Å². The van der Waals surface area contributed by atoms with Gasteiger partial charge in [-0.25, -0.2) is 4.98 Å². The second-order valence-corrected chi connectivity index (χ2v) is 4.61. The normalized spacial score (nSPS) is 10.4. The molecule has 0 aliphatic heterocycles. The van der Waals surface area contributed by atoms with E-state index in [-0.39, 0.29) is 0 Å². The first-order valence-corrected chi connectivity index (χ1v) is 7.24. The first-order chi connectivity index (χ1) is 9.30. The van der Waals surface area contributed by atoms with Crippen molar-refractivity contribution in [2.45, 2.75) is 46.1 Å². The maximum absolute atomic E-state index is 5.73. The van der Waals surface area contributed by atoms with Crippen LogP contribution in [0.15, 0.2) is 24.8 Å². The number of pyridine rings is 1. The topological polar surface area (TPSA) is 34.1 Å². The van der Waals surface area contributed by atoms with Crippen molar-refractivity contribution < 1.29 is 4.74 Å². The predicted molar refractivity (Wildman–Crippen MR) is 80.5 cm³/mol. The number of allylic oxidation sites excluding steroid dienone is 1. The number of nitrogens with one attached hydrogen (secondary N) is 1. The van der Waals surface area contributed by atoms with E-state index >= 15 is 0 Å². The van der Waals surface area contributed by atoms with Crippen molar-refractivity contribution >= 4 is 0 Å². The smallest absolute Gasteiger partial charge is 0.213 e. The van der Waals surface area contributed by atoms with Crippen LogP contribution in [-0.2, 0) is 13.0 Å². The molecule has 0 radical (unpaired) electrons. The molecule has 0 bridgehead atoms. The van der Waals surface area contributed by atoms with Gasteiger partial charge in [0.15, 0.2) is 0 Å². The maximum atomic E-state index is 5.73. The number of aryl methyl sites for hydroxylation is 1. The molecule has 19 heavy (non-hydrogen) atoms. The van der Waals surface area contributed by atoms with Crippen LogP contribution in [0, 0.1) is 0 Å². The molecule has 1 aromatic heterocycles. The second kappa shape index (κ2) is 9.56. The zero-order chi connectivity index (χ0) is 13.9. The summed E-state index contributed by atoms with van der Waals surface area (Å²) in [5, 5.41) is 3.34. The zero-order valence-electron chi connectivity index (χ0n) is 12.2. The van der Waals surface area contributed by atoms with Crippen molar-refractivity contribution in [3.63, 3.8) is 0 Å². The maximum Gasteiger partial charge on any atom is 0.213 e. The summed E-state index contributed by atoms with van der Waals surface area (Å²) < 4.78 is 5.73. The van der Waals surface area contributed by atoms with E-state index in [2.05, 4.69) is 36.8 Å². The Labute approximate surface area is 117 Å². The van der Waals surface area contributed by atoms with E-state index in [9.17, 15) is 0 Å². The lowest BCUT2D eigenvalue weighted by Crippen LogP contribution is -2.12. The van der Waals surface area contributed by atoms with Gasteiger partial charge in [0.05, 0.1) is 6.61 Å². The molecule has 0 fully saturated rings. The van der Waals surface area contributed by atoms with Crippen LogP contribution in [0.5, 0.6) is 5.88 Å². The highest BCUT2D eigenvalue weighted by molar-refractivity contribution is 5.25. The molecule has 0 unspecified atom stereocenters. The molecule has 3 nitrogen and oxygen atoms in total. The SMILES string of the molecule is C=CCCCOc1cc(CNCC)cc(CCC)n1. The average Bonchev–Trinajstić information content (AvgIpc) is 2.42. The largest absolute Gasteiger partial charge is 0.478 e. The molecule has 0 aromatic carbocycles. The first kappa shape index (κ1) is 15.7. The molecular weight excluding hydrogens is 236 g/mol. The summed E-state index contributed by atoms with van der Waals surface area (Å²) in [6.45, 7) is 10.5. The molecule has 0 saturated carbocycles. The molecule has 0 saturated heterocycles. The molecule has 0 amide bonds. The van der Waals surface area contributed by atoms with Crippen molar-refractivity contribution in [1.29, 1.82) is 0 Å². The minimum absolute atomic E-state index is 0.704. The molecule has 3 heteroatoms. The fraction of sp³-hybridized carbons (Fsp3) is 0.562. The van der Waals surface area contributed by atoms with E-state index < -0.39 is 0 Å².